The molecule has 1 aliphatic rings. The van der Waals surface area contributed by atoms with Gasteiger partial charge in [0.15, 0.2) is 5.76 Å². The van der Waals surface area contributed by atoms with Crippen molar-refractivity contribution < 1.29 is 19.1 Å². The predicted octanol–water partition coefficient (Wildman–Crippen LogP) is 2.76. The zero-order valence-corrected chi connectivity index (χ0v) is 12.6. The molecule has 1 aromatic carbocycles. The summed E-state index contributed by atoms with van der Waals surface area (Å²) in [5.74, 6) is 0.712. The summed E-state index contributed by atoms with van der Waals surface area (Å²) in [6.45, 7) is 0. The summed E-state index contributed by atoms with van der Waals surface area (Å²) < 4.78 is 10.7. The van der Waals surface area contributed by atoms with Crippen molar-refractivity contribution in [1.82, 2.24) is 9.88 Å². The van der Waals surface area contributed by atoms with E-state index in [0.29, 0.717) is 17.1 Å². The fourth-order valence-electron chi connectivity index (χ4n) is 2.03. The molecule has 0 saturated heterocycles. The number of carbonyl (C=O) groups is 2. The molecule has 6 heteroatoms. The van der Waals surface area contributed by atoms with Crippen molar-refractivity contribution in [3.8, 4) is 11.5 Å². The molecule has 1 aliphatic heterocycles. The molecule has 23 heavy (non-hydrogen) atoms. The van der Waals surface area contributed by atoms with Gasteiger partial charge in [-0.2, -0.15) is 0 Å². The quantitative estimate of drug-likeness (QED) is 0.798. The second-order valence-corrected chi connectivity index (χ2v) is 5.14. The first kappa shape index (κ1) is 14.8. The molecule has 0 saturated carbocycles. The number of hydrogen-bond acceptors (Lipinski definition) is 5. The summed E-state index contributed by atoms with van der Waals surface area (Å²) in [5, 5.41) is 0. The highest BCUT2D eigenvalue weighted by molar-refractivity contribution is 6.14. The van der Waals surface area contributed by atoms with Crippen molar-refractivity contribution in [1.29, 1.82) is 0 Å². The number of benzene rings is 1. The van der Waals surface area contributed by atoms with Gasteiger partial charge in [-0.1, -0.05) is 0 Å². The molecule has 0 bridgehead atoms. The number of ketones is 1. The number of amides is 1. The highest BCUT2D eigenvalue weighted by atomic mass is 16.6. The number of fused-ring (bicyclic) bond motifs is 1. The number of hydrogen-bond donors (Lipinski definition) is 0. The highest BCUT2D eigenvalue weighted by Gasteiger charge is 2.28. The Balaban J connectivity index is 1.85. The molecule has 0 aliphatic carbocycles. The second-order valence-electron chi connectivity index (χ2n) is 5.14. The maximum absolute atomic E-state index is 12.3. The van der Waals surface area contributed by atoms with E-state index in [1.54, 1.807) is 56.8 Å². The Bertz CT molecular complexity index is 797. The number of carbonyl (C=O) groups excluding carboxylic acids is 2. The third-order valence-electron chi connectivity index (χ3n) is 3.22. The Morgan fingerprint density at radius 2 is 1.96 bits per heavy atom. The molecular weight excluding hydrogens is 296 g/mol. The molecule has 0 unspecified atom stereocenters. The SMILES string of the molecule is CN(C)C(=O)Oc1ccc2c(c1)OC(=Cc1ccncc1)C2=O. The fraction of sp³-hybridized carbons (Fsp3) is 0.118. The van der Waals surface area contributed by atoms with Crippen LogP contribution in [0.5, 0.6) is 11.5 Å². The maximum Gasteiger partial charge on any atom is 0.414 e. The van der Waals surface area contributed by atoms with Crippen molar-refractivity contribution in [3.63, 3.8) is 0 Å². The van der Waals surface area contributed by atoms with Gasteiger partial charge in [-0.3, -0.25) is 9.78 Å². The molecule has 2 aromatic rings. The third-order valence-corrected chi connectivity index (χ3v) is 3.22. The van der Waals surface area contributed by atoms with Crippen molar-refractivity contribution in [2.45, 2.75) is 0 Å². The van der Waals surface area contributed by atoms with Crippen molar-refractivity contribution in [2.24, 2.45) is 0 Å². The van der Waals surface area contributed by atoms with E-state index in [9.17, 15) is 9.59 Å². The van der Waals surface area contributed by atoms with Crippen LogP contribution in [0.15, 0.2) is 48.5 Å². The zero-order chi connectivity index (χ0) is 16.4. The fourth-order valence-corrected chi connectivity index (χ4v) is 2.03. The maximum atomic E-state index is 12.3. The van der Waals surface area contributed by atoms with Crippen molar-refractivity contribution in [3.05, 3.63) is 59.6 Å². The molecule has 0 radical (unpaired) electrons. The van der Waals surface area contributed by atoms with Crippen molar-refractivity contribution in [2.75, 3.05) is 14.1 Å². The Morgan fingerprint density at radius 1 is 1.22 bits per heavy atom. The van der Waals surface area contributed by atoms with Crippen LogP contribution in [0, 0.1) is 0 Å². The van der Waals surface area contributed by atoms with Crippen LogP contribution in [0.1, 0.15) is 15.9 Å². The number of ether oxygens (including phenoxy) is 2. The van der Waals surface area contributed by atoms with Gasteiger partial charge >= 0.3 is 6.09 Å². The Labute approximate surface area is 133 Å². The minimum atomic E-state index is -0.498. The van der Waals surface area contributed by atoms with Crippen LogP contribution >= 0.6 is 0 Å². The molecule has 0 spiro atoms. The van der Waals surface area contributed by atoms with E-state index in [2.05, 4.69) is 4.98 Å². The Kier molecular flexibility index (Phi) is 3.80. The normalized spacial score (nSPS) is 14.3. The van der Waals surface area contributed by atoms with Gasteiger partial charge in [-0.05, 0) is 35.9 Å². The monoisotopic (exact) mass is 310 g/mol. The zero-order valence-electron chi connectivity index (χ0n) is 12.6. The lowest BCUT2D eigenvalue weighted by Crippen LogP contribution is -2.25. The van der Waals surface area contributed by atoms with Crippen LogP contribution in [0.4, 0.5) is 4.79 Å². The van der Waals surface area contributed by atoms with E-state index in [1.165, 1.54) is 11.0 Å². The summed E-state index contributed by atoms with van der Waals surface area (Å²) >= 11 is 0. The largest absolute Gasteiger partial charge is 0.452 e. The van der Waals surface area contributed by atoms with E-state index in [0.717, 1.165) is 5.56 Å². The summed E-state index contributed by atoms with van der Waals surface area (Å²) in [6, 6.07) is 8.23. The lowest BCUT2D eigenvalue weighted by molar-refractivity contribution is 0.101. The summed E-state index contributed by atoms with van der Waals surface area (Å²) in [5.41, 5.74) is 1.25. The van der Waals surface area contributed by atoms with E-state index >= 15 is 0 Å². The smallest absolute Gasteiger partial charge is 0.414 e. The van der Waals surface area contributed by atoms with Gasteiger partial charge in [0.05, 0.1) is 5.56 Å². The molecule has 0 N–H and O–H groups in total. The molecule has 3 rings (SSSR count). The standard InChI is InChI=1S/C17H14N2O4/c1-19(2)17(21)22-12-3-4-13-14(10-12)23-15(16(13)20)9-11-5-7-18-8-6-11/h3-10H,1-2H3. The summed E-state index contributed by atoms with van der Waals surface area (Å²) in [6.07, 6.45) is 4.42. The molecule has 1 amide bonds. The number of nitrogens with zero attached hydrogens (tertiary/aromatic N) is 2. The highest BCUT2D eigenvalue weighted by Crippen LogP contribution is 2.34. The van der Waals surface area contributed by atoms with Gasteiger partial charge in [-0.25, -0.2) is 4.79 Å². The van der Waals surface area contributed by atoms with Gasteiger partial charge in [0.25, 0.3) is 0 Å². The van der Waals surface area contributed by atoms with E-state index in [1.807, 2.05) is 0 Å². The molecule has 6 nitrogen and oxygen atoms in total. The first-order valence-corrected chi connectivity index (χ1v) is 6.92. The lowest BCUT2D eigenvalue weighted by atomic mass is 10.1. The second kappa shape index (κ2) is 5.92. The average Bonchev–Trinajstić information content (AvgIpc) is 2.84. The Hall–Kier alpha value is -3.15. The van der Waals surface area contributed by atoms with Crippen LogP contribution in [0.25, 0.3) is 6.08 Å². The van der Waals surface area contributed by atoms with Gasteiger partial charge in [0.1, 0.15) is 11.5 Å². The van der Waals surface area contributed by atoms with Crippen LogP contribution in [-0.2, 0) is 0 Å². The molecule has 1 aromatic heterocycles. The van der Waals surface area contributed by atoms with E-state index < -0.39 is 6.09 Å². The number of aromatic nitrogens is 1. The van der Waals surface area contributed by atoms with Crippen molar-refractivity contribution >= 4 is 18.0 Å². The number of allylic oxidation sites excluding steroid dienone is 1. The Morgan fingerprint density at radius 3 is 2.65 bits per heavy atom. The summed E-state index contributed by atoms with van der Waals surface area (Å²) in [7, 11) is 3.18. The topological polar surface area (TPSA) is 68.7 Å². The predicted molar refractivity (Wildman–Crippen MR) is 83.3 cm³/mol. The number of rotatable bonds is 2. The van der Waals surface area contributed by atoms with Gasteiger partial charge in [0.2, 0.25) is 5.78 Å². The first-order valence-electron chi connectivity index (χ1n) is 6.92. The third kappa shape index (κ3) is 3.06. The van der Waals surface area contributed by atoms with Crippen LogP contribution in [0.3, 0.4) is 0 Å². The molecule has 116 valence electrons. The minimum Gasteiger partial charge on any atom is -0.452 e. The molecule has 2 heterocycles. The van der Waals surface area contributed by atoms with E-state index in [4.69, 9.17) is 9.47 Å². The van der Waals surface area contributed by atoms with E-state index in [-0.39, 0.29) is 11.5 Å². The van der Waals surface area contributed by atoms with Crippen LogP contribution < -0.4 is 9.47 Å². The van der Waals surface area contributed by atoms with Crippen LogP contribution in [0.2, 0.25) is 0 Å². The van der Waals surface area contributed by atoms with Crippen LogP contribution in [-0.4, -0.2) is 35.9 Å². The lowest BCUT2D eigenvalue weighted by Gasteiger charge is -2.10. The first-order chi connectivity index (χ1) is 11.0. The average molecular weight is 310 g/mol. The molecule has 0 fully saturated rings. The van der Waals surface area contributed by atoms with Gasteiger partial charge in [-0.15, -0.1) is 0 Å². The molecular formula is C17H14N2O4. The molecule has 0 atom stereocenters. The van der Waals surface area contributed by atoms with Gasteiger partial charge in [0, 0.05) is 32.6 Å². The number of Topliss-reactive ketones (excluding diaryl/α,β-unsaturated/α-hetero) is 1. The summed E-state index contributed by atoms with van der Waals surface area (Å²) in [4.78, 5) is 29.1. The minimum absolute atomic E-state index is 0.206. The van der Waals surface area contributed by atoms with Gasteiger partial charge < -0.3 is 14.4 Å². The number of pyridine rings is 1.